The van der Waals surface area contributed by atoms with Crippen LogP contribution in [0.1, 0.15) is 412 Å². The summed E-state index contributed by atoms with van der Waals surface area (Å²) in [6.07, 6.45) is 40.7. The molecule has 0 amide bonds. The number of carbonyl (C=O) groups is 4. The third-order valence-corrected chi connectivity index (χ3v) is 47.3. The maximum Gasteiger partial charge on any atom is 0.293 e. The third-order valence-electron chi connectivity index (χ3n) is 47.3. The highest BCUT2D eigenvalue weighted by molar-refractivity contribution is 5.54. The summed E-state index contributed by atoms with van der Waals surface area (Å²) in [6.45, 7) is 84.1. The maximum atomic E-state index is 11.7. The average molecular weight is 1910 g/mol. The molecule has 16 aliphatic rings. The van der Waals surface area contributed by atoms with Gasteiger partial charge in [-0.05, 0) is 364 Å². The summed E-state index contributed by atoms with van der Waals surface area (Å²) < 4.78 is 23.1. The number of ether oxygens (including phenoxy) is 4. The van der Waals surface area contributed by atoms with Crippen molar-refractivity contribution in [2.24, 2.45) is 158 Å². The SMILES string of the molecule is C=C(CC[C@@H](OC=O)[C@H]1CC[C@@]2(C)C3=C(CC[C@]12C)[C@@]1(C)CC[C@H](O)C(C)(C)[C@@H]1CC3)C(C)C.C=C(CC[C@@H](OC=O)[C@H]1CC[C@@]2(C)C3=CC[C@H]4C(C)(C)[C@@H](O)CC[C@]4(C)C3=CC[C@]12C)C(C)C.C=C(CC[C@@H](OC=O)[C@H]1C[C@H](O)[C@@]2(C)C3=C(CC[C@]12C)[C@@]1(C)CC[C@H](O)C(C)(C)[C@@H]1CC3)C(C)C.C=C(CC[C@@H](OC=O)[C@H]1C[C@H](O)[C@@]2(C)C3=CC[C@H]4C(C)(C)[C@@H](O)CC[C@]4(C)C3=CC[C@]12C)C(C)C. The lowest BCUT2D eigenvalue weighted by molar-refractivity contribution is -0.141. The van der Waals surface area contributed by atoms with Gasteiger partial charge in [0, 0.05) is 34.5 Å². The molecule has 6 N–H and O–H groups in total. The number of hydrogen-bond donors (Lipinski definition) is 6. The van der Waals surface area contributed by atoms with Crippen LogP contribution in [-0.2, 0) is 38.1 Å². The van der Waals surface area contributed by atoms with E-state index in [4.69, 9.17) is 18.9 Å². The number of allylic oxidation sites excluding steroid dienone is 14. The van der Waals surface area contributed by atoms with Crippen molar-refractivity contribution in [3.05, 3.63) is 117 Å². The molecule has 16 rings (SSSR count). The molecule has 0 aliphatic heterocycles. The molecule has 0 saturated heterocycles. The monoisotopic (exact) mass is 1910 g/mol. The molecule has 776 valence electrons. The second-order valence-electron chi connectivity index (χ2n) is 55.0. The topological polar surface area (TPSA) is 227 Å². The molecule has 0 radical (unpaired) electrons. The minimum Gasteiger partial charge on any atom is -0.464 e. The Bertz CT molecular complexity index is 4720. The van der Waals surface area contributed by atoms with Crippen LogP contribution >= 0.6 is 0 Å². The van der Waals surface area contributed by atoms with Gasteiger partial charge in [0.15, 0.2) is 0 Å². The van der Waals surface area contributed by atoms with Gasteiger partial charge >= 0.3 is 0 Å². The number of hydrogen-bond acceptors (Lipinski definition) is 14. The zero-order valence-electron chi connectivity index (χ0n) is 92.1. The highest BCUT2D eigenvalue weighted by Gasteiger charge is 2.72. The Labute approximate surface area is 838 Å². The van der Waals surface area contributed by atoms with E-state index in [1.165, 1.54) is 71.1 Å². The molecule has 8 fully saturated rings. The highest BCUT2D eigenvalue weighted by atomic mass is 16.5. The third kappa shape index (κ3) is 17.6. The summed E-state index contributed by atoms with van der Waals surface area (Å²) in [5, 5.41) is 66.7. The van der Waals surface area contributed by atoms with Gasteiger partial charge in [-0.3, -0.25) is 19.2 Å². The van der Waals surface area contributed by atoms with Crippen LogP contribution in [0.4, 0.5) is 0 Å². The summed E-state index contributed by atoms with van der Waals surface area (Å²) in [5.74, 6) is 4.61. The lowest BCUT2D eigenvalue weighted by atomic mass is 9.43. The van der Waals surface area contributed by atoms with Crippen LogP contribution in [0.15, 0.2) is 117 Å². The van der Waals surface area contributed by atoms with Crippen LogP contribution < -0.4 is 0 Å². The molecule has 0 spiro atoms. The molecule has 138 heavy (non-hydrogen) atoms. The molecule has 0 aromatic carbocycles. The van der Waals surface area contributed by atoms with Crippen molar-refractivity contribution in [3.8, 4) is 0 Å². The Morgan fingerprint density at radius 3 is 1.01 bits per heavy atom. The van der Waals surface area contributed by atoms with Crippen LogP contribution in [0.5, 0.6) is 0 Å². The van der Waals surface area contributed by atoms with E-state index >= 15 is 0 Å². The van der Waals surface area contributed by atoms with E-state index in [-0.39, 0.29) is 142 Å². The summed E-state index contributed by atoms with van der Waals surface area (Å²) in [7, 11) is 0. The molecule has 16 aliphatic carbocycles. The van der Waals surface area contributed by atoms with Crippen molar-refractivity contribution >= 4 is 25.9 Å². The minimum atomic E-state index is -0.485. The second-order valence-corrected chi connectivity index (χ2v) is 55.0. The summed E-state index contributed by atoms with van der Waals surface area (Å²) in [5.41, 5.74) is 16.8. The smallest absolute Gasteiger partial charge is 0.293 e. The summed E-state index contributed by atoms with van der Waals surface area (Å²) in [4.78, 5) is 46.2. The normalized spacial score (nSPS) is 42.4. The zero-order valence-corrected chi connectivity index (χ0v) is 92.1. The molecule has 0 bridgehead atoms. The van der Waals surface area contributed by atoms with Crippen molar-refractivity contribution in [1.29, 1.82) is 0 Å². The summed E-state index contributed by atoms with van der Waals surface area (Å²) >= 11 is 0. The molecule has 30 atom stereocenters. The average Bonchev–Trinajstić information content (AvgIpc) is 1.41. The van der Waals surface area contributed by atoms with Gasteiger partial charge in [0.25, 0.3) is 25.9 Å². The van der Waals surface area contributed by atoms with Gasteiger partial charge in [0.1, 0.15) is 24.4 Å². The molecular formula is C124H196O14. The predicted octanol–water partition coefficient (Wildman–Crippen LogP) is 28.0. The van der Waals surface area contributed by atoms with E-state index in [0.29, 0.717) is 97.9 Å². The first-order valence-electron chi connectivity index (χ1n) is 55.6. The highest BCUT2D eigenvalue weighted by Crippen LogP contribution is 2.78. The number of fused-ring (bicyclic) bond motifs is 18. The quantitative estimate of drug-likeness (QED) is 0.0243. The fraction of sp³-hybridized carbons (Fsp3) is 0.806. The van der Waals surface area contributed by atoms with E-state index in [1.807, 2.05) is 0 Å². The molecule has 0 aromatic rings. The van der Waals surface area contributed by atoms with E-state index in [9.17, 15) is 49.8 Å². The van der Waals surface area contributed by atoms with Gasteiger partial charge in [-0.15, -0.1) is 0 Å². The minimum absolute atomic E-state index is 0.00264. The van der Waals surface area contributed by atoms with Gasteiger partial charge < -0.3 is 49.6 Å². The van der Waals surface area contributed by atoms with Gasteiger partial charge in [-0.1, -0.05) is 289 Å². The van der Waals surface area contributed by atoms with Crippen molar-refractivity contribution in [1.82, 2.24) is 0 Å². The molecule has 0 aromatic heterocycles. The van der Waals surface area contributed by atoms with Crippen LogP contribution in [0.25, 0.3) is 0 Å². The lowest BCUT2D eigenvalue weighted by Gasteiger charge is -2.62. The predicted molar refractivity (Wildman–Crippen MR) is 559 cm³/mol. The zero-order chi connectivity index (χ0) is 102. The largest absolute Gasteiger partial charge is 0.464 e. The molecular weight excluding hydrogens is 1710 g/mol. The Hall–Kier alpha value is -4.96. The van der Waals surface area contributed by atoms with E-state index in [2.05, 4.69) is 244 Å². The molecule has 14 heteroatoms. The van der Waals surface area contributed by atoms with Crippen molar-refractivity contribution in [2.75, 3.05) is 0 Å². The van der Waals surface area contributed by atoms with E-state index < -0.39 is 17.6 Å². The Kier molecular flexibility index (Phi) is 31.7. The first-order chi connectivity index (χ1) is 64.1. The van der Waals surface area contributed by atoms with Gasteiger partial charge in [0.2, 0.25) is 0 Å². The number of carbonyl (C=O) groups excluding carboxylic acids is 4. The number of rotatable bonds is 28. The van der Waals surface area contributed by atoms with Crippen molar-refractivity contribution in [3.63, 3.8) is 0 Å². The lowest BCUT2D eigenvalue weighted by Crippen LogP contribution is -2.56. The van der Waals surface area contributed by atoms with Crippen LogP contribution in [0.2, 0.25) is 0 Å². The Morgan fingerprint density at radius 1 is 0.312 bits per heavy atom. The standard InChI is InChI=1S/C31H50O4.C31H48O4.C31H50O3.C31H48O3/c2*1-19(2)20(3)9-11-24(35-18-32)23-17-27(34)31(8)22-10-12-25-28(4,5)26(33)14-15-29(25,6)21(22)13-16-30(23,31)7;2*1-20(2)21(3)9-11-25(34-19-32)24-14-18-30(7)23-10-12-26-28(4,5)27(33)15-16-29(26,6)22(23)13-17-31(24,30)8/h18-19,23-27,33-34H,3,9-17H2,1-2,4-8H3;10,13,18-19,23-27,33-34H,3,9,11-12,14-17H2,1-2,4-8H3;19-20,24-27,33H,3,9-18H2,1-2,4-8H3;10,13,19-20,24-27,33H,3,9,11-12,14-18H2,1-2,4-8H3/t2*23-,24-,25+,26+,27+,29-,30-,31-;2*24-,25-,26+,27+,29-,30+,31-/m1111/s1. The molecule has 0 unspecified atom stereocenters. The van der Waals surface area contributed by atoms with Gasteiger partial charge in [0.05, 0.1) is 36.6 Å². The van der Waals surface area contributed by atoms with Crippen LogP contribution in [0.3, 0.4) is 0 Å². The molecule has 8 saturated carbocycles. The van der Waals surface area contributed by atoms with Crippen molar-refractivity contribution in [2.45, 2.75) is 473 Å². The van der Waals surface area contributed by atoms with Crippen molar-refractivity contribution < 1.29 is 68.8 Å². The number of aliphatic hydroxyl groups is 6. The first kappa shape index (κ1) is 110. The van der Waals surface area contributed by atoms with Crippen LogP contribution in [-0.4, -0.2) is 118 Å². The maximum absolute atomic E-state index is 11.7. The molecule has 0 heterocycles. The first-order valence-corrected chi connectivity index (χ1v) is 55.6. The summed E-state index contributed by atoms with van der Waals surface area (Å²) in [6, 6.07) is 0. The Balaban J connectivity index is 0.000000155. The Morgan fingerprint density at radius 2 is 0.623 bits per heavy atom. The van der Waals surface area contributed by atoms with Gasteiger partial charge in [-0.25, -0.2) is 0 Å². The van der Waals surface area contributed by atoms with Crippen LogP contribution in [0, 0.1) is 158 Å². The fourth-order valence-corrected chi connectivity index (χ4v) is 36.1. The number of aliphatic hydroxyl groups excluding tert-OH is 6. The fourth-order valence-electron chi connectivity index (χ4n) is 36.1. The van der Waals surface area contributed by atoms with E-state index in [0.717, 1.165) is 173 Å². The van der Waals surface area contributed by atoms with Gasteiger partial charge in [-0.2, -0.15) is 0 Å². The van der Waals surface area contributed by atoms with E-state index in [1.54, 1.807) is 27.9 Å². The molecule has 14 nitrogen and oxygen atoms in total. The second kappa shape index (κ2) is 39.7.